The molecule has 2 aromatic rings. The van der Waals surface area contributed by atoms with Crippen molar-refractivity contribution in [1.82, 2.24) is 14.6 Å². The highest BCUT2D eigenvalue weighted by Gasteiger charge is 2.60. The summed E-state index contributed by atoms with van der Waals surface area (Å²) < 4.78 is 3.49. The number of nitrogens with one attached hydrogen (secondary N) is 1. The summed E-state index contributed by atoms with van der Waals surface area (Å²) in [6.45, 7) is 3.67. The van der Waals surface area contributed by atoms with Crippen LogP contribution < -0.4 is 9.88 Å². The third kappa shape index (κ3) is 3.01. The molecule has 4 N–H and O–H groups in total. The number of fused-ring (bicyclic) bond motifs is 2. The first-order chi connectivity index (χ1) is 14.3. The van der Waals surface area contributed by atoms with Crippen molar-refractivity contribution in [2.24, 2.45) is 11.8 Å². The molecule has 4 rings (SSSR count). The van der Waals surface area contributed by atoms with E-state index >= 15 is 0 Å². The Bertz CT molecular complexity index is 1070. The van der Waals surface area contributed by atoms with Crippen LogP contribution in [0.25, 0.3) is 4.83 Å². The number of nitrogens with zero attached hydrogens (tertiary/aromatic N) is 3. The summed E-state index contributed by atoms with van der Waals surface area (Å²) in [6, 6.07) is -0.359. The van der Waals surface area contributed by atoms with Crippen LogP contribution in [0.3, 0.4) is 0 Å². The lowest BCUT2D eigenvalue weighted by Gasteiger charge is -2.46. The normalized spacial score (nSPS) is 24.2. The quantitative estimate of drug-likeness (QED) is 0.332. The Kier molecular flexibility index (Phi) is 5.12. The van der Waals surface area contributed by atoms with Gasteiger partial charge in [0.2, 0.25) is 16.4 Å². The van der Waals surface area contributed by atoms with Crippen molar-refractivity contribution in [3.8, 4) is 0 Å². The van der Waals surface area contributed by atoms with E-state index in [-0.39, 0.29) is 49.2 Å². The molecule has 11 heteroatoms. The number of hydrogen-bond acceptors (Lipinski definition) is 6. The van der Waals surface area contributed by atoms with Crippen molar-refractivity contribution in [2.45, 2.75) is 32.5 Å². The minimum Gasteiger partial charge on any atom is -0.477 e. The maximum absolute atomic E-state index is 12.4. The van der Waals surface area contributed by atoms with Crippen molar-refractivity contribution >= 4 is 34.0 Å². The van der Waals surface area contributed by atoms with Gasteiger partial charge in [-0.15, -0.1) is 0 Å². The van der Waals surface area contributed by atoms with Crippen LogP contribution in [0.1, 0.15) is 24.3 Å². The molecule has 2 aliphatic heterocycles. The molecular formula is C19H23N4O6S+. The van der Waals surface area contributed by atoms with Crippen LogP contribution in [0.15, 0.2) is 29.2 Å². The number of aliphatic hydroxyl groups is 2. The Morgan fingerprint density at radius 1 is 1.40 bits per heavy atom. The largest absolute Gasteiger partial charge is 0.477 e. The maximum atomic E-state index is 12.4. The molecule has 4 atom stereocenters. The summed E-state index contributed by atoms with van der Waals surface area (Å²) in [5.41, 5.74) is 1.01. The first-order valence-electron chi connectivity index (χ1n) is 9.61. The Morgan fingerprint density at radius 2 is 2.13 bits per heavy atom. The lowest BCUT2D eigenvalue weighted by molar-refractivity contribution is -0.688. The second-order valence-corrected chi connectivity index (χ2v) is 8.55. The number of carbonyl (C=O) groups is 3. The summed E-state index contributed by atoms with van der Waals surface area (Å²) in [4.78, 5) is 38.7. The fraction of sp³-hybridized carbons (Fsp3) is 0.474. The van der Waals surface area contributed by atoms with Crippen LogP contribution in [-0.4, -0.2) is 67.7 Å². The van der Waals surface area contributed by atoms with Crippen LogP contribution in [0.2, 0.25) is 0 Å². The van der Waals surface area contributed by atoms with E-state index in [4.69, 9.17) is 5.11 Å². The number of β-lactam (4-membered cyclic amide) rings is 1. The highest BCUT2D eigenvalue weighted by molar-refractivity contribution is 7.15. The molecule has 0 aliphatic carbocycles. The molecule has 0 saturated carbocycles. The molecule has 10 nitrogen and oxygen atoms in total. The summed E-state index contributed by atoms with van der Waals surface area (Å²) in [5.74, 6) is -2.66. The lowest BCUT2D eigenvalue weighted by Crippen LogP contribution is -2.63. The van der Waals surface area contributed by atoms with E-state index in [1.807, 2.05) is 13.1 Å². The predicted octanol–water partition coefficient (Wildman–Crippen LogP) is -0.793. The first kappa shape index (κ1) is 20.5. The number of amides is 2. The topological polar surface area (TPSA) is 135 Å². The maximum Gasteiger partial charge on any atom is 0.352 e. The van der Waals surface area contributed by atoms with E-state index < -0.39 is 18.0 Å². The molecule has 0 radical (unpaired) electrons. The van der Waals surface area contributed by atoms with Gasteiger partial charge in [0.05, 0.1) is 24.7 Å². The number of carbonyl (C=O) groups excluding carboxylic acids is 2. The third-order valence-electron chi connectivity index (χ3n) is 5.83. The standard InChI is InChI=1S/C19H22N4O6S/c1-9-11(16(19(28)29)23-15(9)14(10(2)25)18(23)27)5-21-6-13-22(8-21)12(7-30-13)17(26)20-3-4-24/h6-10,14-15,24-25H,3-5H2,1-2H3,(H-,20,26,28,29)/p+1/t9-,10+,14+,15+/m0/s1. The van der Waals surface area contributed by atoms with Gasteiger partial charge in [0, 0.05) is 23.4 Å². The molecule has 0 bridgehead atoms. The summed E-state index contributed by atoms with van der Waals surface area (Å²) in [6.07, 6.45) is 2.68. The van der Waals surface area contributed by atoms with Crippen molar-refractivity contribution in [2.75, 3.05) is 13.2 Å². The second kappa shape index (κ2) is 7.49. The fourth-order valence-electron chi connectivity index (χ4n) is 4.44. The number of hydrogen-bond donors (Lipinski definition) is 4. The number of rotatable bonds is 7. The van der Waals surface area contributed by atoms with Gasteiger partial charge in [-0.25, -0.2) is 9.36 Å². The highest BCUT2D eigenvalue weighted by atomic mass is 32.1. The molecule has 160 valence electrons. The smallest absolute Gasteiger partial charge is 0.352 e. The van der Waals surface area contributed by atoms with E-state index in [2.05, 4.69) is 5.32 Å². The number of imidazole rings is 1. The Morgan fingerprint density at radius 3 is 2.77 bits per heavy atom. The number of aliphatic hydroxyl groups excluding tert-OH is 2. The van der Waals surface area contributed by atoms with Crippen molar-refractivity contribution in [3.63, 3.8) is 0 Å². The van der Waals surface area contributed by atoms with E-state index in [0.717, 1.165) is 4.83 Å². The van der Waals surface area contributed by atoms with Gasteiger partial charge in [0.1, 0.15) is 18.4 Å². The SMILES string of the molecule is C[C@@H](O)[C@H]1C(=O)N2C(C(=O)O)=C(C[n+]3cc4scc(C(=O)NCCO)n4c3)[C@H](C)[C@H]12. The zero-order valence-electron chi connectivity index (χ0n) is 16.5. The Balaban J connectivity index is 1.64. The molecule has 4 heterocycles. The summed E-state index contributed by atoms with van der Waals surface area (Å²) >= 11 is 1.37. The number of thiazole rings is 1. The van der Waals surface area contributed by atoms with Crippen molar-refractivity contribution in [3.05, 3.63) is 34.9 Å². The highest BCUT2D eigenvalue weighted by Crippen LogP contribution is 2.47. The van der Waals surface area contributed by atoms with E-state index in [1.165, 1.54) is 16.2 Å². The second-order valence-electron chi connectivity index (χ2n) is 7.66. The van der Waals surface area contributed by atoms with Gasteiger partial charge < -0.3 is 25.5 Å². The van der Waals surface area contributed by atoms with Gasteiger partial charge in [0.25, 0.3) is 12.2 Å². The van der Waals surface area contributed by atoms with Gasteiger partial charge in [-0.3, -0.25) is 9.59 Å². The lowest BCUT2D eigenvalue weighted by atomic mass is 9.78. The molecule has 1 saturated heterocycles. The van der Waals surface area contributed by atoms with Crippen LogP contribution in [-0.2, 0) is 16.1 Å². The first-order valence-corrected chi connectivity index (χ1v) is 10.5. The molecule has 0 aromatic carbocycles. The molecule has 2 aromatic heterocycles. The summed E-state index contributed by atoms with van der Waals surface area (Å²) in [5, 5.41) is 32.9. The van der Waals surface area contributed by atoms with Crippen molar-refractivity contribution < 1.29 is 34.3 Å². The average Bonchev–Trinajstić information content (AvgIpc) is 3.31. The van der Waals surface area contributed by atoms with Gasteiger partial charge in [-0.05, 0) is 6.92 Å². The number of aliphatic carboxylic acids is 1. The molecule has 0 spiro atoms. The minimum atomic E-state index is -1.16. The average molecular weight is 435 g/mol. The zero-order valence-corrected chi connectivity index (χ0v) is 17.3. The number of carboxylic acids is 1. The van der Waals surface area contributed by atoms with Gasteiger partial charge >= 0.3 is 5.97 Å². The van der Waals surface area contributed by atoms with E-state index in [1.54, 1.807) is 27.6 Å². The Hall–Kier alpha value is -2.76. The minimum absolute atomic E-state index is 0.0163. The molecule has 30 heavy (non-hydrogen) atoms. The zero-order chi connectivity index (χ0) is 21.7. The molecule has 1 fully saturated rings. The van der Waals surface area contributed by atoms with Gasteiger partial charge in [-0.2, -0.15) is 4.40 Å². The number of carboxylic acid groups (broad SMARTS) is 1. The molecular weight excluding hydrogens is 412 g/mol. The fourth-order valence-corrected chi connectivity index (χ4v) is 5.35. The molecule has 2 aliphatic rings. The van der Waals surface area contributed by atoms with E-state index in [9.17, 15) is 24.6 Å². The van der Waals surface area contributed by atoms with Crippen molar-refractivity contribution in [1.29, 1.82) is 0 Å². The molecule has 2 amide bonds. The third-order valence-corrected chi connectivity index (χ3v) is 6.71. The monoisotopic (exact) mass is 435 g/mol. The predicted molar refractivity (Wildman–Crippen MR) is 105 cm³/mol. The van der Waals surface area contributed by atoms with Crippen LogP contribution in [0.5, 0.6) is 0 Å². The molecule has 0 unspecified atom stereocenters. The van der Waals surface area contributed by atoms with Crippen LogP contribution in [0.4, 0.5) is 0 Å². The Labute approximate surface area is 175 Å². The van der Waals surface area contributed by atoms with Crippen LogP contribution in [0, 0.1) is 11.8 Å². The van der Waals surface area contributed by atoms with Crippen LogP contribution >= 0.6 is 11.3 Å². The van der Waals surface area contributed by atoms with Gasteiger partial charge in [0.15, 0.2) is 0 Å². The summed E-state index contributed by atoms with van der Waals surface area (Å²) in [7, 11) is 0. The van der Waals surface area contributed by atoms with E-state index in [0.29, 0.717) is 11.3 Å². The van der Waals surface area contributed by atoms with Gasteiger partial charge in [-0.1, -0.05) is 18.3 Å². The number of aromatic nitrogens is 2.